The molecule has 2 aliphatic heterocycles. The molecular weight excluding hydrogens is 188 g/mol. The van der Waals surface area contributed by atoms with Crippen LogP contribution in [-0.4, -0.2) is 50.1 Å². The fourth-order valence-corrected chi connectivity index (χ4v) is 2.31. The van der Waals surface area contributed by atoms with Gasteiger partial charge in [-0.3, -0.25) is 4.99 Å². The Morgan fingerprint density at radius 1 is 1.60 bits per heavy atom. The number of nitrogens with one attached hydrogen (secondary N) is 2. The lowest BCUT2D eigenvalue weighted by atomic mass is 10.1. The smallest absolute Gasteiger partial charge is 0.194 e. The van der Waals surface area contributed by atoms with Crippen molar-refractivity contribution >= 4 is 5.96 Å². The lowest BCUT2D eigenvalue weighted by Crippen LogP contribution is -2.39. The number of hydrogen-bond acceptors (Lipinski definition) is 4. The molecular formula is C11H22N4. The maximum absolute atomic E-state index is 4.47. The van der Waals surface area contributed by atoms with Crippen LogP contribution in [0.15, 0.2) is 4.99 Å². The molecule has 0 aromatic carbocycles. The summed E-state index contributed by atoms with van der Waals surface area (Å²) < 4.78 is 0. The minimum Gasteiger partial charge on any atom is -0.356 e. The molecule has 1 atom stereocenters. The van der Waals surface area contributed by atoms with Crippen LogP contribution in [0.1, 0.15) is 19.8 Å². The van der Waals surface area contributed by atoms with E-state index in [0.29, 0.717) is 0 Å². The highest BCUT2D eigenvalue weighted by Gasteiger charge is 2.16. The normalized spacial score (nSPS) is 25.8. The van der Waals surface area contributed by atoms with E-state index >= 15 is 0 Å². The number of likely N-dealkylation sites (N-methyl/N-ethyl adjacent to an activating group) is 1. The average molecular weight is 210 g/mol. The van der Waals surface area contributed by atoms with Gasteiger partial charge in [0.15, 0.2) is 5.96 Å². The van der Waals surface area contributed by atoms with Gasteiger partial charge in [-0.1, -0.05) is 0 Å². The van der Waals surface area contributed by atoms with Crippen molar-refractivity contribution in [2.24, 2.45) is 10.9 Å². The summed E-state index contributed by atoms with van der Waals surface area (Å²) in [7, 11) is 0. The van der Waals surface area contributed by atoms with Crippen LogP contribution < -0.4 is 10.6 Å². The first kappa shape index (κ1) is 10.7. The molecule has 2 rings (SSSR count). The van der Waals surface area contributed by atoms with Crippen LogP contribution in [0.3, 0.4) is 0 Å². The zero-order valence-corrected chi connectivity index (χ0v) is 9.63. The van der Waals surface area contributed by atoms with Gasteiger partial charge in [-0.2, -0.15) is 0 Å². The number of aliphatic imine (C=N–C) groups is 1. The summed E-state index contributed by atoms with van der Waals surface area (Å²) >= 11 is 0. The highest BCUT2D eigenvalue weighted by atomic mass is 15.3. The predicted octanol–water partition coefficient (Wildman–Crippen LogP) is 0.267. The summed E-state index contributed by atoms with van der Waals surface area (Å²) in [5.74, 6) is 1.98. The molecule has 2 aliphatic rings. The highest BCUT2D eigenvalue weighted by Crippen LogP contribution is 2.11. The Morgan fingerprint density at radius 2 is 2.53 bits per heavy atom. The third-order valence-electron chi connectivity index (χ3n) is 3.31. The minimum atomic E-state index is 0.870. The van der Waals surface area contributed by atoms with Crippen molar-refractivity contribution in [3.8, 4) is 0 Å². The lowest BCUT2D eigenvalue weighted by molar-refractivity contribution is 0.457. The third kappa shape index (κ3) is 2.84. The first-order valence-corrected chi connectivity index (χ1v) is 6.14. The first-order chi connectivity index (χ1) is 7.40. The van der Waals surface area contributed by atoms with E-state index in [2.05, 4.69) is 27.4 Å². The fourth-order valence-electron chi connectivity index (χ4n) is 2.31. The average Bonchev–Trinajstić information content (AvgIpc) is 2.88. The Balaban J connectivity index is 1.64. The number of rotatable bonds is 4. The van der Waals surface area contributed by atoms with Crippen molar-refractivity contribution < 1.29 is 0 Å². The van der Waals surface area contributed by atoms with E-state index in [-0.39, 0.29) is 0 Å². The summed E-state index contributed by atoms with van der Waals surface area (Å²) in [5, 5.41) is 6.86. The molecule has 4 nitrogen and oxygen atoms in total. The molecule has 1 unspecified atom stereocenters. The zero-order valence-electron chi connectivity index (χ0n) is 9.63. The monoisotopic (exact) mass is 210 g/mol. The summed E-state index contributed by atoms with van der Waals surface area (Å²) in [6.45, 7) is 8.77. The quantitative estimate of drug-likeness (QED) is 0.699. The minimum absolute atomic E-state index is 0.870. The Kier molecular flexibility index (Phi) is 3.83. The Morgan fingerprint density at radius 3 is 3.27 bits per heavy atom. The summed E-state index contributed by atoms with van der Waals surface area (Å²) in [4.78, 5) is 6.78. The van der Waals surface area contributed by atoms with Crippen LogP contribution >= 0.6 is 0 Å². The van der Waals surface area contributed by atoms with E-state index in [9.17, 15) is 0 Å². The van der Waals surface area contributed by atoms with Crippen molar-refractivity contribution in [3.63, 3.8) is 0 Å². The Bertz CT molecular complexity index is 221. The second-order valence-electron chi connectivity index (χ2n) is 4.36. The van der Waals surface area contributed by atoms with Gasteiger partial charge < -0.3 is 15.5 Å². The molecule has 0 aliphatic carbocycles. The van der Waals surface area contributed by atoms with Crippen molar-refractivity contribution in [1.82, 2.24) is 15.5 Å². The molecule has 0 saturated carbocycles. The van der Waals surface area contributed by atoms with Gasteiger partial charge >= 0.3 is 0 Å². The first-order valence-electron chi connectivity index (χ1n) is 6.14. The van der Waals surface area contributed by atoms with Crippen LogP contribution in [-0.2, 0) is 0 Å². The summed E-state index contributed by atoms with van der Waals surface area (Å²) in [5.41, 5.74) is 0. The molecule has 0 aromatic rings. The number of hydrogen-bond donors (Lipinski definition) is 2. The van der Waals surface area contributed by atoms with Crippen molar-refractivity contribution in [3.05, 3.63) is 0 Å². The zero-order chi connectivity index (χ0) is 10.5. The fraction of sp³-hybridized carbons (Fsp3) is 0.909. The largest absolute Gasteiger partial charge is 0.356 e. The van der Waals surface area contributed by atoms with Crippen LogP contribution in [0.25, 0.3) is 0 Å². The third-order valence-corrected chi connectivity index (χ3v) is 3.31. The van der Waals surface area contributed by atoms with E-state index in [1.165, 1.54) is 25.9 Å². The topological polar surface area (TPSA) is 39.7 Å². The van der Waals surface area contributed by atoms with Gasteiger partial charge in [0.2, 0.25) is 0 Å². The van der Waals surface area contributed by atoms with E-state index in [1.807, 2.05) is 0 Å². The molecule has 86 valence electrons. The van der Waals surface area contributed by atoms with Crippen LogP contribution in [0, 0.1) is 5.92 Å². The van der Waals surface area contributed by atoms with Gasteiger partial charge in [0.25, 0.3) is 0 Å². The molecule has 1 saturated heterocycles. The van der Waals surface area contributed by atoms with Gasteiger partial charge in [0.1, 0.15) is 0 Å². The van der Waals surface area contributed by atoms with Gasteiger partial charge in [-0.05, 0) is 38.8 Å². The van der Waals surface area contributed by atoms with Crippen LogP contribution in [0.5, 0.6) is 0 Å². The number of nitrogens with zero attached hydrogens (tertiary/aromatic N) is 2. The summed E-state index contributed by atoms with van der Waals surface area (Å²) in [6, 6.07) is 0. The number of guanidine groups is 1. The lowest BCUT2D eigenvalue weighted by Gasteiger charge is -2.19. The van der Waals surface area contributed by atoms with Gasteiger partial charge in [0, 0.05) is 19.6 Å². The molecule has 2 N–H and O–H groups in total. The van der Waals surface area contributed by atoms with Gasteiger partial charge in [-0.15, -0.1) is 0 Å². The maximum Gasteiger partial charge on any atom is 0.194 e. The van der Waals surface area contributed by atoms with Gasteiger partial charge in [-0.25, -0.2) is 0 Å². The van der Waals surface area contributed by atoms with Crippen molar-refractivity contribution in [2.75, 3.05) is 39.3 Å². The van der Waals surface area contributed by atoms with Crippen LogP contribution in [0.4, 0.5) is 0 Å². The highest BCUT2D eigenvalue weighted by molar-refractivity contribution is 5.81. The van der Waals surface area contributed by atoms with Crippen LogP contribution in [0.2, 0.25) is 0 Å². The molecule has 2 heterocycles. The SMILES string of the molecule is CCN1CCN=C1NCCC1CCNC1. The second kappa shape index (κ2) is 5.35. The molecule has 15 heavy (non-hydrogen) atoms. The van der Waals surface area contributed by atoms with E-state index in [1.54, 1.807) is 0 Å². The Labute approximate surface area is 92.1 Å². The molecule has 0 radical (unpaired) electrons. The molecule has 0 bridgehead atoms. The second-order valence-corrected chi connectivity index (χ2v) is 4.36. The van der Waals surface area contributed by atoms with Crippen molar-refractivity contribution in [1.29, 1.82) is 0 Å². The van der Waals surface area contributed by atoms with E-state index in [0.717, 1.165) is 38.1 Å². The maximum atomic E-state index is 4.47. The Hall–Kier alpha value is -0.770. The molecule has 0 amide bonds. The standard InChI is InChI=1S/C11H22N4/c1-2-15-8-7-14-11(15)13-6-4-10-3-5-12-9-10/h10,12H,2-9H2,1H3,(H,13,14). The van der Waals surface area contributed by atoms with E-state index < -0.39 is 0 Å². The van der Waals surface area contributed by atoms with Crippen molar-refractivity contribution in [2.45, 2.75) is 19.8 Å². The van der Waals surface area contributed by atoms with Gasteiger partial charge in [0.05, 0.1) is 6.54 Å². The molecule has 1 fully saturated rings. The molecule has 0 spiro atoms. The molecule has 0 aromatic heterocycles. The predicted molar refractivity (Wildman–Crippen MR) is 63.1 cm³/mol. The molecule has 4 heteroatoms. The van der Waals surface area contributed by atoms with E-state index in [4.69, 9.17) is 0 Å². The summed E-state index contributed by atoms with van der Waals surface area (Å²) in [6.07, 6.45) is 2.61.